The number of anilines is 1. The molecule has 1 saturated heterocycles. The highest BCUT2D eigenvalue weighted by molar-refractivity contribution is 5.96. The molecule has 2 unspecified atom stereocenters. The summed E-state index contributed by atoms with van der Waals surface area (Å²) in [6, 6.07) is 10.4. The number of amides is 2. The fourth-order valence-corrected chi connectivity index (χ4v) is 4.18. The lowest BCUT2D eigenvalue weighted by atomic mass is 10.0. The molecule has 0 aliphatic carbocycles. The third kappa shape index (κ3) is 4.00. The van der Waals surface area contributed by atoms with Crippen LogP contribution in [0.5, 0.6) is 23.0 Å². The molecule has 2 aromatic rings. The molecule has 0 bridgehead atoms. The first kappa shape index (κ1) is 21.0. The van der Waals surface area contributed by atoms with Crippen molar-refractivity contribution in [1.82, 2.24) is 15.3 Å². The molecule has 0 saturated carbocycles. The summed E-state index contributed by atoms with van der Waals surface area (Å²) in [5.41, 5.74) is 4.91. The number of carbonyl (C=O) groups excluding carboxylic acids is 2. The summed E-state index contributed by atoms with van der Waals surface area (Å²) in [6.07, 6.45) is 3.96. The summed E-state index contributed by atoms with van der Waals surface area (Å²) < 4.78 is 21.3. The number of fused-ring (bicyclic) bond motifs is 2. The number of hydrogen-bond donors (Lipinski definition) is 2. The Morgan fingerprint density at radius 2 is 1.91 bits per heavy atom. The van der Waals surface area contributed by atoms with Crippen LogP contribution >= 0.6 is 0 Å². The fraction of sp³-hybridized carbons (Fsp3) is 0.304. The van der Waals surface area contributed by atoms with Crippen molar-refractivity contribution in [1.29, 1.82) is 0 Å². The zero-order valence-electron chi connectivity index (χ0n) is 18.2. The van der Waals surface area contributed by atoms with E-state index in [1.807, 2.05) is 18.2 Å². The summed E-state index contributed by atoms with van der Waals surface area (Å²) in [4.78, 5) is 27.1. The highest BCUT2D eigenvalue weighted by Gasteiger charge is 2.40. The Morgan fingerprint density at radius 3 is 2.73 bits per heavy atom. The molecule has 3 aliphatic rings. The minimum atomic E-state index is -0.403. The van der Waals surface area contributed by atoms with Crippen molar-refractivity contribution in [2.24, 2.45) is 0 Å². The van der Waals surface area contributed by atoms with E-state index in [2.05, 4.69) is 10.7 Å². The van der Waals surface area contributed by atoms with Crippen molar-refractivity contribution in [2.75, 3.05) is 32.9 Å². The summed E-state index contributed by atoms with van der Waals surface area (Å²) in [6.45, 7) is 0.121. The second-order valence-electron chi connectivity index (χ2n) is 7.84. The number of hydrazine groups is 1. The van der Waals surface area contributed by atoms with Gasteiger partial charge in [-0.3, -0.25) is 9.59 Å². The SMILES string of the molecule is COc1ccc(NC(=O)CN2C=CN3NC(c4ccc5c(c4)OCO5)CC3C2=O)cc1OC. The summed E-state index contributed by atoms with van der Waals surface area (Å²) in [5.74, 6) is 2.04. The topological polar surface area (TPSA) is 102 Å². The van der Waals surface area contributed by atoms with Crippen LogP contribution in [0.2, 0.25) is 0 Å². The standard InChI is InChI=1S/C23H24N4O6/c1-30-18-6-4-15(10-20(18)31-2)24-22(28)12-26-7-8-27-17(23(26)29)11-16(25-27)14-3-5-19-21(9-14)33-13-32-19/h3-10,16-17,25H,11-13H2,1-2H3,(H,24,28). The van der Waals surface area contributed by atoms with Crippen LogP contribution in [-0.4, -0.2) is 55.3 Å². The van der Waals surface area contributed by atoms with Crippen molar-refractivity contribution in [3.05, 3.63) is 54.4 Å². The average Bonchev–Trinajstić information content (AvgIpc) is 3.47. The van der Waals surface area contributed by atoms with E-state index in [4.69, 9.17) is 18.9 Å². The predicted molar refractivity (Wildman–Crippen MR) is 118 cm³/mol. The number of carbonyl (C=O) groups is 2. The first-order valence-electron chi connectivity index (χ1n) is 10.5. The van der Waals surface area contributed by atoms with E-state index >= 15 is 0 Å². The third-order valence-corrected chi connectivity index (χ3v) is 5.86. The number of methoxy groups -OCH3 is 2. The number of nitrogens with zero attached hydrogens (tertiary/aromatic N) is 2. The van der Waals surface area contributed by atoms with Gasteiger partial charge in [0.15, 0.2) is 23.0 Å². The van der Waals surface area contributed by atoms with Crippen molar-refractivity contribution in [3.63, 3.8) is 0 Å². The lowest BCUT2D eigenvalue weighted by Gasteiger charge is -2.31. The third-order valence-electron chi connectivity index (χ3n) is 5.86. The summed E-state index contributed by atoms with van der Waals surface area (Å²) >= 11 is 0. The second-order valence-corrected chi connectivity index (χ2v) is 7.84. The zero-order valence-corrected chi connectivity index (χ0v) is 18.2. The van der Waals surface area contributed by atoms with Gasteiger partial charge in [-0.05, 0) is 36.2 Å². The zero-order chi connectivity index (χ0) is 22.9. The monoisotopic (exact) mass is 452 g/mol. The largest absolute Gasteiger partial charge is 0.493 e. The highest BCUT2D eigenvalue weighted by atomic mass is 16.7. The molecule has 2 atom stereocenters. The molecule has 2 aromatic carbocycles. The highest BCUT2D eigenvalue weighted by Crippen LogP contribution is 2.37. The van der Waals surface area contributed by atoms with Gasteiger partial charge in [-0.25, -0.2) is 5.43 Å². The second kappa shape index (κ2) is 8.55. The number of rotatable bonds is 6. The van der Waals surface area contributed by atoms with Crippen LogP contribution in [0.4, 0.5) is 5.69 Å². The van der Waals surface area contributed by atoms with Gasteiger partial charge >= 0.3 is 0 Å². The van der Waals surface area contributed by atoms with E-state index in [-0.39, 0.29) is 31.2 Å². The molecule has 2 amide bonds. The van der Waals surface area contributed by atoms with E-state index < -0.39 is 6.04 Å². The van der Waals surface area contributed by atoms with Crippen LogP contribution in [0.1, 0.15) is 18.0 Å². The molecule has 5 rings (SSSR count). The normalized spacial score (nSPS) is 20.6. The Bertz CT molecular complexity index is 1120. The Labute approximate surface area is 190 Å². The predicted octanol–water partition coefficient (Wildman–Crippen LogP) is 2.00. The first-order chi connectivity index (χ1) is 16.1. The van der Waals surface area contributed by atoms with Gasteiger partial charge < -0.3 is 34.2 Å². The minimum absolute atomic E-state index is 0.0568. The van der Waals surface area contributed by atoms with Crippen molar-refractivity contribution < 1.29 is 28.5 Å². The Hall–Kier alpha value is -3.92. The molecule has 0 radical (unpaired) electrons. The summed E-state index contributed by atoms with van der Waals surface area (Å²) in [5, 5.41) is 4.59. The molecule has 3 aliphatic heterocycles. The maximum absolute atomic E-state index is 13.1. The van der Waals surface area contributed by atoms with Gasteiger partial charge in [0.05, 0.1) is 20.3 Å². The molecule has 172 valence electrons. The van der Waals surface area contributed by atoms with Gasteiger partial charge in [0.1, 0.15) is 12.6 Å². The lowest BCUT2D eigenvalue weighted by Crippen LogP contribution is -2.49. The first-order valence-corrected chi connectivity index (χ1v) is 10.5. The lowest BCUT2D eigenvalue weighted by molar-refractivity contribution is -0.137. The van der Waals surface area contributed by atoms with E-state index in [1.54, 1.807) is 42.7 Å². The minimum Gasteiger partial charge on any atom is -0.493 e. The van der Waals surface area contributed by atoms with Crippen LogP contribution in [-0.2, 0) is 9.59 Å². The van der Waals surface area contributed by atoms with Crippen molar-refractivity contribution in [3.8, 4) is 23.0 Å². The number of ether oxygens (including phenoxy) is 4. The smallest absolute Gasteiger partial charge is 0.251 e. The quantitative estimate of drug-likeness (QED) is 0.687. The van der Waals surface area contributed by atoms with Gasteiger partial charge in [-0.1, -0.05) is 6.07 Å². The van der Waals surface area contributed by atoms with Crippen LogP contribution in [0, 0.1) is 0 Å². The molecule has 0 aromatic heterocycles. The molecule has 33 heavy (non-hydrogen) atoms. The van der Waals surface area contributed by atoms with E-state index in [0.29, 0.717) is 29.4 Å². The Balaban J connectivity index is 1.22. The fourth-order valence-electron chi connectivity index (χ4n) is 4.18. The van der Waals surface area contributed by atoms with Crippen LogP contribution in [0.15, 0.2) is 48.8 Å². The molecule has 1 fully saturated rings. The number of hydrogen-bond acceptors (Lipinski definition) is 8. The average molecular weight is 452 g/mol. The van der Waals surface area contributed by atoms with E-state index in [0.717, 1.165) is 11.3 Å². The Kier molecular flexibility index (Phi) is 5.43. The molecule has 3 heterocycles. The Morgan fingerprint density at radius 1 is 1.09 bits per heavy atom. The van der Waals surface area contributed by atoms with Crippen LogP contribution < -0.4 is 29.7 Å². The van der Waals surface area contributed by atoms with Gasteiger partial charge in [0.2, 0.25) is 12.7 Å². The van der Waals surface area contributed by atoms with Crippen molar-refractivity contribution >= 4 is 17.5 Å². The molecular formula is C23H24N4O6. The van der Waals surface area contributed by atoms with Gasteiger partial charge in [-0.15, -0.1) is 0 Å². The number of benzene rings is 2. The molecule has 0 spiro atoms. The summed E-state index contributed by atoms with van der Waals surface area (Å²) in [7, 11) is 3.07. The molecular weight excluding hydrogens is 428 g/mol. The van der Waals surface area contributed by atoms with Crippen molar-refractivity contribution in [2.45, 2.75) is 18.5 Å². The van der Waals surface area contributed by atoms with Crippen LogP contribution in [0.3, 0.4) is 0 Å². The van der Waals surface area contributed by atoms with E-state index in [9.17, 15) is 9.59 Å². The van der Waals surface area contributed by atoms with Gasteiger partial charge in [0, 0.05) is 24.2 Å². The van der Waals surface area contributed by atoms with Gasteiger partial charge in [0.25, 0.3) is 5.91 Å². The van der Waals surface area contributed by atoms with Crippen LogP contribution in [0.25, 0.3) is 0 Å². The van der Waals surface area contributed by atoms with Gasteiger partial charge in [-0.2, -0.15) is 0 Å². The molecule has 10 heteroatoms. The maximum atomic E-state index is 13.1. The molecule has 10 nitrogen and oxygen atoms in total. The maximum Gasteiger partial charge on any atom is 0.251 e. The number of nitrogens with one attached hydrogen (secondary N) is 2. The van der Waals surface area contributed by atoms with E-state index in [1.165, 1.54) is 12.0 Å². The molecule has 2 N–H and O–H groups in total.